The number of amides is 1. The number of carbonyl (C=O) groups is 1. The van der Waals surface area contributed by atoms with E-state index >= 15 is 0 Å². The van der Waals surface area contributed by atoms with Crippen LogP contribution in [0.15, 0.2) is 54.6 Å². The first-order chi connectivity index (χ1) is 12.7. The fourth-order valence-electron chi connectivity index (χ4n) is 2.86. The van der Waals surface area contributed by atoms with Gasteiger partial charge in [-0.1, -0.05) is 42.0 Å². The van der Waals surface area contributed by atoms with Gasteiger partial charge in [0.1, 0.15) is 12.4 Å². The molecule has 0 aromatic heterocycles. The molecule has 1 heterocycles. The lowest BCUT2D eigenvalue weighted by Gasteiger charge is -2.11. The standard InChI is InChI=1S/C22H25NO3/c1-17-4-2-5-18(14-17)9-12-22(24)23-15-19-7-10-20(11-8-19)26-16-21-6-3-13-25-21/h2,4-5,7-12,14,21H,3,6,13,15-16H2,1H3,(H,23,24)/b12-9+. The molecular formula is C22H25NO3. The highest BCUT2D eigenvalue weighted by molar-refractivity contribution is 5.91. The van der Waals surface area contributed by atoms with Crippen LogP contribution in [-0.2, 0) is 16.1 Å². The number of rotatable bonds is 7. The summed E-state index contributed by atoms with van der Waals surface area (Å²) in [5.41, 5.74) is 3.23. The summed E-state index contributed by atoms with van der Waals surface area (Å²) in [4.78, 5) is 12.0. The predicted octanol–water partition coefficient (Wildman–Crippen LogP) is 3.88. The SMILES string of the molecule is Cc1cccc(/C=C/C(=O)NCc2ccc(OCC3CCCO3)cc2)c1. The third kappa shape index (κ3) is 5.74. The van der Waals surface area contributed by atoms with E-state index in [0.29, 0.717) is 13.2 Å². The highest BCUT2D eigenvalue weighted by Gasteiger charge is 2.15. The number of hydrogen-bond donors (Lipinski definition) is 1. The summed E-state index contributed by atoms with van der Waals surface area (Å²) in [6.45, 7) is 3.96. The molecule has 1 atom stereocenters. The first kappa shape index (κ1) is 18.2. The molecule has 4 heteroatoms. The van der Waals surface area contributed by atoms with Crippen molar-refractivity contribution in [1.29, 1.82) is 0 Å². The molecule has 1 aliphatic heterocycles. The van der Waals surface area contributed by atoms with Crippen molar-refractivity contribution in [1.82, 2.24) is 5.32 Å². The van der Waals surface area contributed by atoms with E-state index in [-0.39, 0.29) is 12.0 Å². The quantitative estimate of drug-likeness (QED) is 0.770. The lowest BCUT2D eigenvalue weighted by Crippen LogP contribution is -2.20. The Hall–Kier alpha value is -2.59. The number of benzene rings is 2. The average molecular weight is 351 g/mol. The smallest absolute Gasteiger partial charge is 0.244 e. The summed E-state index contributed by atoms with van der Waals surface area (Å²) in [7, 11) is 0. The lowest BCUT2D eigenvalue weighted by atomic mass is 10.1. The Morgan fingerprint density at radius 2 is 2.12 bits per heavy atom. The molecule has 136 valence electrons. The van der Waals surface area contributed by atoms with Crippen LogP contribution >= 0.6 is 0 Å². The van der Waals surface area contributed by atoms with Gasteiger partial charge in [0.25, 0.3) is 0 Å². The molecule has 1 saturated heterocycles. The van der Waals surface area contributed by atoms with Crippen LogP contribution < -0.4 is 10.1 Å². The second kappa shape index (κ2) is 9.20. The summed E-state index contributed by atoms with van der Waals surface area (Å²) in [5.74, 6) is 0.722. The maximum absolute atomic E-state index is 12.0. The minimum atomic E-state index is -0.106. The maximum Gasteiger partial charge on any atom is 0.244 e. The fraction of sp³-hybridized carbons (Fsp3) is 0.318. The van der Waals surface area contributed by atoms with Crippen LogP contribution in [0.25, 0.3) is 6.08 Å². The Labute approximate surface area is 154 Å². The summed E-state index contributed by atoms with van der Waals surface area (Å²) < 4.78 is 11.3. The Morgan fingerprint density at radius 1 is 1.27 bits per heavy atom. The Kier molecular flexibility index (Phi) is 6.45. The second-order valence-corrected chi connectivity index (χ2v) is 6.56. The topological polar surface area (TPSA) is 47.6 Å². The van der Waals surface area contributed by atoms with Crippen molar-refractivity contribution in [2.45, 2.75) is 32.4 Å². The summed E-state index contributed by atoms with van der Waals surface area (Å²) >= 11 is 0. The van der Waals surface area contributed by atoms with Gasteiger partial charge in [0, 0.05) is 19.2 Å². The molecular weight excluding hydrogens is 326 g/mol. The van der Waals surface area contributed by atoms with Gasteiger partial charge >= 0.3 is 0 Å². The Balaban J connectivity index is 1.43. The molecule has 1 unspecified atom stereocenters. The van der Waals surface area contributed by atoms with Crippen molar-refractivity contribution in [3.8, 4) is 5.75 Å². The monoisotopic (exact) mass is 351 g/mol. The minimum absolute atomic E-state index is 0.106. The molecule has 0 spiro atoms. The normalized spacial score (nSPS) is 16.7. The molecule has 4 nitrogen and oxygen atoms in total. The minimum Gasteiger partial charge on any atom is -0.491 e. The van der Waals surface area contributed by atoms with E-state index in [1.807, 2.05) is 61.5 Å². The zero-order valence-corrected chi connectivity index (χ0v) is 15.1. The molecule has 0 saturated carbocycles. The highest BCUT2D eigenvalue weighted by Crippen LogP contribution is 2.16. The number of ether oxygens (including phenoxy) is 2. The molecule has 1 aliphatic rings. The molecule has 0 radical (unpaired) electrons. The first-order valence-corrected chi connectivity index (χ1v) is 9.05. The third-order valence-corrected chi connectivity index (χ3v) is 4.32. The number of carbonyl (C=O) groups excluding carboxylic acids is 1. The van der Waals surface area contributed by atoms with Gasteiger partial charge in [-0.2, -0.15) is 0 Å². The predicted molar refractivity (Wildman–Crippen MR) is 103 cm³/mol. The fourth-order valence-corrected chi connectivity index (χ4v) is 2.86. The van der Waals surface area contributed by atoms with Gasteiger partial charge in [-0.05, 0) is 49.1 Å². The van der Waals surface area contributed by atoms with Crippen LogP contribution in [0.2, 0.25) is 0 Å². The van der Waals surface area contributed by atoms with Crippen LogP contribution in [0.1, 0.15) is 29.5 Å². The second-order valence-electron chi connectivity index (χ2n) is 6.56. The summed E-state index contributed by atoms with van der Waals surface area (Å²) in [5, 5.41) is 2.89. The van der Waals surface area contributed by atoms with Crippen LogP contribution in [0, 0.1) is 6.92 Å². The van der Waals surface area contributed by atoms with Crippen LogP contribution in [0.4, 0.5) is 0 Å². The van der Waals surface area contributed by atoms with E-state index in [1.54, 1.807) is 6.08 Å². The number of nitrogens with one attached hydrogen (secondary N) is 1. The van der Waals surface area contributed by atoms with E-state index < -0.39 is 0 Å². The Bertz CT molecular complexity index is 746. The van der Waals surface area contributed by atoms with Crippen LogP contribution in [0.5, 0.6) is 5.75 Å². The van der Waals surface area contributed by atoms with E-state index in [1.165, 1.54) is 5.56 Å². The van der Waals surface area contributed by atoms with E-state index in [0.717, 1.165) is 36.3 Å². The van der Waals surface area contributed by atoms with Crippen LogP contribution in [0.3, 0.4) is 0 Å². The molecule has 0 aliphatic carbocycles. The van der Waals surface area contributed by atoms with Crippen molar-refractivity contribution in [3.05, 3.63) is 71.3 Å². The van der Waals surface area contributed by atoms with Gasteiger partial charge in [-0.15, -0.1) is 0 Å². The van der Waals surface area contributed by atoms with Gasteiger partial charge < -0.3 is 14.8 Å². The summed E-state index contributed by atoms with van der Waals surface area (Å²) in [6, 6.07) is 15.8. The summed E-state index contributed by atoms with van der Waals surface area (Å²) in [6.07, 6.45) is 5.79. The average Bonchev–Trinajstić information content (AvgIpc) is 3.17. The zero-order valence-electron chi connectivity index (χ0n) is 15.1. The first-order valence-electron chi connectivity index (χ1n) is 9.05. The van der Waals surface area contributed by atoms with Gasteiger partial charge in [-0.25, -0.2) is 0 Å². The molecule has 1 fully saturated rings. The Morgan fingerprint density at radius 3 is 2.85 bits per heavy atom. The maximum atomic E-state index is 12.0. The molecule has 0 bridgehead atoms. The third-order valence-electron chi connectivity index (χ3n) is 4.32. The highest BCUT2D eigenvalue weighted by atomic mass is 16.5. The molecule has 1 amide bonds. The molecule has 2 aromatic rings. The van der Waals surface area contributed by atoms with E-state index in [4.69, 9.17) is 9.47 Å². The zero-order chi connectivity index (χ0) is 18.2. The van der Waals surface area contributed by atoms with Gasteiger partial charge in [-0.3, -0.25) is 4.79 Å². The van der Waals surface area contributed by atoms with E-state index in [9.17, 15) is 4.79 Å². The number of aryl methyl sites for hydroxylation is 1. The van der Waals surface area contributed by atoms with Crippen molar-refractivity contribution >= 4 is 12.0 Å². The van der Waals surface area contributed by atoms with Crippen LogP contribution in [-0.4, -0.2) is 25.2 Å². The molecule has 1 N–H and O–H groups in total. The van der Waals surface area contributed by atoms with E-state index in [2.05, 4.69) is 5.32 Å². The van der Waals surface area contributed by atoms with Crippen molar-refractivity contribution in [2.24, 2.45) is 0 Å². The largest absolute Gasteiger partial charge is 0.491 e. The van der Waals surface area contributed by atoms with Crippen molar-refractivity contribution in [2.75, 3.05) is 13.2 Å². The van der Waals surface area contributed by atoms with Gasteiger partial charge in [0.15, 0.2) is 0 Å². The molecule has 26 heavy (non-hydrogen) atoms. The van der Waals surface area contributed by atoms with Gasteiger partial charge in [0.2, 0.25) is 5.91 Å². The lowest BCUT2D eigenvalue weighted by molar-refractivity contribution is -0.116. The van der Waals surface area contributed by atoms with Gasteiger partial charge in [0.05, 0.1) is 6.10 Å². The molecule has 2 aromatic carbocycles. The van der Waals surface area contributed by atoms with Crippen molar-refractivity contribution < 1.29 is 14.3 Å². The van der Waals surface area contributed by atoms with Crippen molar-refractivity contribution in [3.63, 3.8) is 0 Å². The number of hydrogen-bond acceptors (Lipinski definition) is 3. The molecule has 3 rings (SSSR count).